The van der Waals surface area contributed by atoms with E-state index in [0.717, 1.165) is 35.2 Å². The number of aryl methyl sites for hydroxylation is 1. The van der Waals surface area contributed by atoms with E-state index < -0.39 is 0 Å². The Labute approximate surface area is 123 Å². The molecule has 0 spiro atoms. The molecule has 0 fully saturated rings. The van der Waals surface area contributed by atoms with Gasteiger partial charge in [0.2, 0.25) is 0 Å². The first-order chi connectivity index (χ1) is 9.13. The normalized spacial score (nSPS) is 11.4. The van der Waals surface area contributed by atoms with Crippen LogP contribution in [-0.4, -0.2) is 21.8 Å². The second kappa shape index (κ2) is 6.57. The summed E-state index contributed by atoms with van der Waals surface area (Å²) in [6.45, 7) is 9.58. The fourth-order valence-electron chi connectivity index (χ4n) is 1.80. The molecule has 5 heteroatoms. The maximum absolute atomic E-state index is 4.71. The van der Waals surface area contributed by atoms with Crippen LogP contribution in [0.2, 0.25) is 0 Å². The number of aromatic nitrogens is 2. The second-order valence-corrected chi connectivity index (χ2v) is 7.34. The number of hydrogen-bond acceptors (Lipinski definition) is 5. The molecule has 2 rings (SSSR count). The number of nitrogens with one attached hydrogen (secondary N) is 1. The number of thioether (sulfide) groups is 1. The molecule has 3 nitrogen and oxygen atoms in total. The topological polar surface area (TPSA) is 37.8 Å². The molecular weight excluding hydrogens is 274 g/mol. The SMILES string of the molecule is CCNc1nc(CSC(C)C)nc2sc(CC)cc12. The van der Waals surface area contributed by atoms with Gasteiger partial charge < -0.3 is 5.32 Å². The molecule has 104 valence electrons. The van der Waals surface area contributed by atoms with Crippen molar-refractivity contribution in [2.45, 2.75) is 45.1 Å². The molecule has 0 aliphatic carbocycles. The van der Waals surface area contributed by atoms with E-state index in [2.05, 4.69) is 44.1 Å². The molecule has 0 amide bonds. The van der Waals surface area contributed by atoms with Gasteiger partial charge in [0.05, 0.1) is 11.1 Å². The molecule has 0 unspecified atom stereocenters. The Morgan fingerprint density at radius 2 is 2.11 bits per heavy atom. The van der Waals surface area contributed by atoms with E-state index in [0.29, 0.717) is 5.25 Å². The predicted octanol–water partition coefficient (Wildman–Crippen LogP) is 4.33. The van der Waals surface area contributed by atoms with Gasteiger partial charge in [-0.15, -0.1) is 11.3 Å². The summed E-state index contributed by atoms with van der Waals surface area (Å²) in [5, 5.41) is 5.14. The van der Waals surface area contributed by atoms with Crippen molar-refractivity contribution >= 4 is 39.1 Å². The molecule has 19 heavy (non-hydrogen) atoms. The summed E-state index contributed by atoms with van der Waals surface area (Å²) in [4.78, 5) is 11.9. The minimum absolute atomic E-state index is 0.608. The molecule has 0 saturated heterocycles. The summed E-state index contributed by atoms with van der Waals surface area (Å²) >= 11 is 3.67. The lowest BCUT2D eigenvalue weighted by atomic mass is 10.3. The molecule has 0 aliphatic heterocycles. The molecule has 2 aromatic heterocycles. The van der Waals surface area contributed by atoms with E-state index >= 15 is 0 Å². The highest BCUT2D eigenvalue weighted by Gasteiger charge is 2.11. The van der Waals surface area contributed by atoms with Crippen molar-refractivity contribution in [2.24, 2.45) is 0 Å². The van der Waals surface area contributed by atoms with Crippen LogP contribution in [0.5, 0.6) is 0 Å². The average molecular weight is 295 g/mol. The Morgan fingerprint density at radius 3 is 2.74 bits per heavy atom. The molecule has 0 aromatic carbocycles. The monoisotopic (exact) mass is 295 g/mol. The van der Waals surface area contributed by atoms with Gasteiger partial charge in [0.1, 0.15) is 16.5 Å². The van der Waals surface area contributed by atoms with Gasteiger partial charge in [-0.3, -0.25) is 0 Å². The first-order valence-electron chi connectivity index (χ1n) is 6.78. The number of nitrogens with zero attached hydrogens (tertiary/aromatic N) is 2. The van der Waals surface area contributed by atoms with E-state index in [1.54, 1.807) is 11.3 Å². The van der Waals surface area contributed by atoms with E-state index in [4.69, 9.17) is 4.98 Å². The predicted molar refractivity (Wildman–Crippen MR) is 87.4 cm³/mol. The first-order valence-corrected chi connectivity index (χ1v) is 8.65. The smallest absolute Gasteiger partial charge is 0.142 e. The van der Waals surface area contributed by atoms with Crippen molar-refractivity contribution < 1.29 is 0 Å². The third kappa shape index (κ3) is 3.60. The minimum Gasteiger partial charge on any atom is -0.370 e. The summed E-state index contributed by atoms with van der Waals surface area (Å²) in [6, 6.07) is 2.22. The fraction of sp³-hybridized carbons (Fsp3) is 0.571. The molecule has 1 N–H and O–H groups in total. The van der Waals surface area contributed by atoms with Crippen molar-refractivity contribution in [1.82, 2.24) is 9.97 Å². The minimum atomic E-state index is 0.608. The summed E-state index contributed by atoms with van der Waals surface area (Å²) in [6.07, 6.45) is 1.06. The molecule has 0 atom stereocenters. The van der Waals surface area contributed by atoms with Crippen molar-refractivity contribution in [2.75, 3.05) is 11.9 Å². The van der Waals surface area contributed by atoms with Crippen molar-refractivity contribution in [3.63, 3.8) is 0 Å². The van der Waals surface area contributed by atoms with Gasteiger partial charge in [0, 0.05) is 11.4 Å². The molecule has 0 saturated carbocycles. The second-order valence-electron chi connectivity index (χ2n) is 4.66. The van der Waals surface area contributed by atoms with Gasteiger partial charge in [-0.25, -0.2) is 9.97 Å². The zero-order valence-electron chi connectivity index (χ0n) is 12.0. The highest BCUT2D eigenvalue weighted by atomic mass is 32.2. The Bertz CT molecular complexity index is 549. The largest absolute Gasteiger partial charge is 0.370 e. The van der Waals surface area contributed by atoms with Crippen molar-refractivity contribution in [3.05, 3.63) is 16.8 Å². The molecule has 0 aliphatic rings. The molecule has 0 radical (unpaired) electrons. The maximum atomic E-state index is 4.71. The molecule has 0 bridgehead atoms. The van der Waals surface area contributed by atoms with Crippen LogP contribution in [0.25, 0.3) is 10.2 Å². The Hall–Kier alpha value is -0.810. The third-order valence-electron chi connectivity index (χ3n) is 2.73. The van der Waals surface area contributed by atoms with Gasteiger partial charge in [-0.1, -0.05) is 20.8 Å². The van der Waals surface area contributed by atoms with Crippen LogP contribution >= 0.6 is 23.1 Å². The van der Waals surface area contributed by atoms with E-state index in [1.807, 2.05) is 11.8 Å². The van der Waals surface area contributed by atoms with Crippen molar-refractivity contribution in [3.8, 4) is 0 Å². The number of thiophene rings is 1. The summed E-state index contributed by atoms with van der Waals surface area (Å²) in [5.41, 5.74) is 0. The van der Waals surface area contributed by atoms with Crippen LogP contribution in [0.4, 0.5) is 5.82 Å². The van der Waals surface area contributed by atoms with Gasteiger partial charge >= 0.3 is 0 Å². The zero-order chi connectivity index (χ0) is 13.8. The van der Waals surface area contributed by atoms with Crippen LogP contribution in [0.1, 0.15) is 38.4 Å². The summed E-state index contributed by atoms with van der Waals surface area (Å²) < 4.78 is 0. The standard InChI is InChI=1S/C14H21N3S2/c1-5-10-7-11-13(15-6-2)16-12(8-18-9(3)4)17-14(11)19-10/h7,9H,5-6,8H2,1-4H3,(H,15,16,17). The van der Waals surface area contributed by atoms with E-state index in [9.17, 15) is 0 Å². The lowest BCUT2D eigenvalue weighted by Gasteiger charge is -2.08. The number of anilines is 1. The lowest BCUT2D eigenvalue weighted by Crippen LogP contribution is -2.03. The van der Waals surface area contributed by atoms with Crippen LogP contribution in [-0.2, 0) is 12.2 Å². The highest BCUT2D eigenvalue weighted by Crippen LogP contribution is 2.30. The van der Waals surface area contributed by atoms with Crippen LogP contribution in [0.3, 0.4) is 0 Å². The van der Waals surface area contributed by atoms with E-state index in [-0.39, 0.29) is 0 Å². The lowest BCUT2D eigenvalue weighted by molar-refractivity contribution is 1.04. The van der Waals surface area contributed by atoms with Gasteiger partial charge in [0.15, 0.2) is 0 Å². The molecule has 2 aromatic rings. The molecular formula is C14H21N3S2. The number of rotatable bonds is 6. The van der Waals surface area contributed by atoms with Gasteiger partial charge in [-0.05, 0) is 24.7 Å². The van der Waals surface area contributed by atoms with Crippen LogP contribution in [0, 0.1) is 0 Å². The van der Waals surface area contributed by atoms with Gasteiger partial charge in [0.25, 0.3) is 0 Å². The summed E-state index contributed by atoms with van der Waals surface area (Å²) in [7, 11) is 0. The maximum Gasteiger partial charge on any atom is 0.142 e. The number of fused-ring (bicyclic) bond motifs is 1. The van der Waals surface area contributed by atoms with Crippen LogP contribution in [0.15, 0.2) is 6.07 Å². The highest BCUT2D eigenvalue weighted by molar-refractivity contribution is 7.99. The Morgan fingerprint density at radius 1 is 1.32 bits per heavy atom. The Kier molecular flexibility index (Phi) is 5.05. The summed E-state index contributed by atoms with van der Waals surface area (Å²) in [5.74, 6) is 2.81. The quantitative estimate of drug-likeness (QED) is 0.861. The molecule has 2 heterocycles. The van der Waals surface area contributed by atoms with E-state index in [1.165, 1.54) is 10.3 Å². The van der Waals surface area contributed by atoms with Gasteiger partial charge in [-0.2, -0.15) is 11.8 Å². The first kappa shape index (κ1) is 14.6. The fourth-order valence-corrected chi connectivity index (χ4v) is 3.40. The zero-order valence-corrected chi connectivity index (χ0v) is 13.6. The Balaban J connectivity index is 2.38. The average Bonchev–Trinajstić information content (AvgIpc) is 2.80. The number of hydrogen-bond donors (Lipinski definition) is 1. The third-order valence-corrected chi connectivity index (χ3v) is 4.99. The van der Waals surface area contributed by atoms with Crippen LogP contribution < -0.4 is 5.32 Å². The van der Waals surface area contributed by atoms with Crippen molar-refractivity contribution in [1.29, 1.82) is 0 Å².